The summed E-state index contributed by atoms with van der Waals surface area (Å²) in [5.74, 6) is 5.02. The summed E-state index contributed by atoms with van der Waals surface area (Å²) < 4.78 is 0. The molecule has 0 aromatic heterocycles. The summed E-state index contributed by atoms with van der Waals surface area (Å²) >= 11 is 0. The second kappa shape index (κ2) is 20.6. The molecule has 0 N–H and O–H groups in total. The van der Waals surface area contributed by atoms with Crippen LogP contribution in [0.3, 0.4) is 0 Å². The zero-order valence-electron chi connectivity index (χ0n) is 31.1. The fraction of sp³-hybridized carbons (Fsp3) is 0.0385. The van der Waals surface area contributed by atoms with Crippen molar-refractivity contribution < 1.29 is 44.8 Å². The van der Waals surface area contributed by atoms with Gasteiger partial charge in [0.05, 0.1) is 13.3 Å². The third kappa shape index (κ3) is 9.53. The number of rotatable bonds is 4. The summed E-state index contributed by atoms with van der Waals surface area (Å²) in [5.41, 5.74) is 1.71. The van der Waals surface area contributed by atoms with Gasteiger partial charge in [0, 0.05) is 7.92 Å². The van der Waals surface area contributed by atoms with E-state index in [1.165, 1.54) is 32.2 Å². The van der Waals surface area contributed by atoms with Gasteiger partial charge in [0.2, 0.25) is 0 Å². The molecule has 9 aromatic carbocycles. The number of hydrogen-bond donors (Lipinski definition) is 0. The maximum atomic E-state index is 7.35. The molecular weight excluding hydrogens is 902 g/mol. The van der Waals surface area contributed by atoms with Crippen LogP contribution in [0.4, 0.5) is 0 Å². The van der Waals surface area contributed by atoms with Crippen molar-refractivity contribution >= 4 is 80.2 Å². The molecule has 0 saturated carbocycles. The van der Waals surface area contributed by atoms with Crippen LogP contribution in [-0.2, 0) is 44.8 Å². The number of hydrogen-bond acceptors (Lipinski definition) is 0. The maximum Gasteiger partial charge on any atom is 1.00 e. The Bertz CT molecular complexity index is 2610. The minimum atomic E-state index is -0.926. The summed E-state index contributed by atoms with van der Waals surface area (Å²) in [6, 6.07) is 67.9. The Morgan fingerprint density at radius 1 is 0.357 bits per heavy atom. The molecule has 0 heterocycles. The molecule has 4 heteroatoms. The van der Waals surface area contributed by atoms with Gasteiger partial charge in [0.15, 0.2) is 0 Å². The Morgan fingerprint density at radius 3 is 1.07 bits per heavy atom. The van der Waals surface area contributed by atoms with Crippen LogP contribution in [0.5, 0.6) is 0 Å². The van der Waals surface area contributed by atoms with Crippen LogP contribution in [0.2, 0.25) is 0 Å². The second-order valence-corrected chi connectivity index (χ2v) is 18.3. The third-order valence-corrected chi connectivity index (χ3v) is 14.2. The molecule has 0 aliphatic rings. The molecule has 0 unspecified atom stereocenters. The van der Waals surface area contributed by atoms with Gasteiger partial charge >= 0.3 is 44.8 Å². The van der Waals surface area contributed by atoms with Crippen molar-refractivity contribution in [1.82, 2.24) is 0 Å². The van der Waals surface area contributed by atoms with Gasteiger partial charge in [-0.3, -0.25) is 11.8 Å². The molecule has 0 saturated heterocycles. The summed E-state index contributed by atoms with van der Waals surface area (Å²) in [6.45, 7) is 4.78. The Hall–Kier alpha value is -4.52. The predicted molar refractivity (Wildman–Crippen MR) is 242 cm³/mol. The molecule has 0 aliphatic carbocycles. The summed E-state index contributed by atoms with van der Waals surface area (Å²) in [4.78, 5) is 0. The van der Waals surface area contributed by atoms with E-state index in [1.807, 2.05) is 72.8 Å². The van der Waals surface area contributed by atoms with Crippen molar-refractivity contribution in [2.75, 3.05) is 13.3 Å². The molecule has 9 rings (SSSR count). The normalized spacial score (nSPS) is 10.3. The molecule has 0 nitrogen and oxygen atoms in total. The monoisotopic (exact) mass is 940 g/mol. The van der Waals surface area contributed by atoms with Gasteiger partial charge in [-0.25, -0.2) is 0 Å². The average Bonchev–Trinajstić information content (AvgIpc) is 3.24. The molecule has 0 bridgehead atoms. The summed E-state index contributed by atoms with van der Waals surface area (Å²) in [6.07, 6.45) is 14.7. The maximum absolute atomic E-state index is 7.35. The second-order valence-electron chi connectivity index (χ2n) is 13.3. The smallest absolute Gasteiger partial charge is 0.366 e. The van der Waals surface area contributed by atoms with Crippen LogP contribution in [0.15, 0.2) is 194 Å². The minimum Gasteiger partial charge on any atom is -0.366 e. The predicted octanol–water partition coefficient (Wildman–Crippen LogP) is 11.1. The largest absolute Gasteiger partial charge is 1.00 e. The van der Waals surface area contributed by atoms with Crippen molar-refractivity contribution in [3.05, 3.63) is 218 Å². The quantitative estimate of drug-likeness (QED) is 0.0542. The summed E-state index contributed by atoms with van der Waals surface area (Å²) in [7, 11) is -1.40. The van der Waals surface area contributed by atoms with Crippen molar-refractivity contribution in [2.24, 2.45) is 0 Å². The molecule has 0 aliphatic heterocycles. The van der Waals surface area contributed by atoms with Crippen LogP contribution in [0.25, 0.3) is 43.1 Å². The van der Waals surface area contributed by atoms with Gasteiger partial charge in [0.1, 0.15) is 29.1 Å². The fourth-order valence-electron chi connectivity index (χ4n) is 7.14. The molecule has 0 atom stereocenters. The van der Waals surface area contributed by atoms with E-state index in [4.69, 9.17) is 12.8 Å². The Morgan fingerprint density at radius 2 is 0.679 bits per heavy atom. The average molecular weight is 943 g/mol. The van der Waals surface area contributed by atoms with Gasteiger partial charge in [0.25, 0.3) is 0 Å². The standard InChI is InChI=1S/C20H20P2.2C16H9.2Ag/c1-21(2)19-15-9-10-16-20(19)22(17-11-5-3-6-12-17)18-13-7-4-8-14-18;2*1-2-12-11-13-7-3-4-9-15(13)16-10-6-5-8-14(12)16;;/h3-16H,1-2H3;2*3-11H;;/q;2*-1;2*+1/p+2. The van der Waals surface area contributed by atoms with Crippen molar-refractivity contribution in [3.8, 4) is 11.8 Å². The van der Waals surface area contributed by atoms with Gasteiger partial charge in [-0.15, -0.1) is 23.3 Å². The fourth-order valence-corrected chi connectivity index (χ4v) is 11.9. The minimum absolute atomic E-state index is 0. The molecular formula is C52H40Ag2P2+2. The number of benzene rings is 9. The van der Waals surface area contributed by atoms with E-state index >= 15 is 0 Å². The molecule has 56 heavy (non-hydrogen) atoms. The first-order valence-corrected chi connectivity index (χ1v) is 22.1. The third-order valence-electron chi connectivity index (χ3n) is 9.67. The van der Waals surface area contributed by atoms with Crippen molar-refractivity contribution in [1.29, 1.82) is 0 Å². The SMILES string of the molecule is C[PH+](C)c1ccccc1[PH+](c1ccccc1)c1ccccc1.[Ag+].[Ag+].[C-]#Cc1cc2ccccc2c2ccccc12.[C-]#Cc1cc2ccccc2c2ccccc12. The van der Waals surface area contributed by atoms with Crippen LogP contribution < -0.4 is 21.2 Å². The Kier molecular flexibility index (Phi) is 15.7. The molecule has 0 fully saturated rings. The van der Waals surface area contributed by atoms with Crippen molar-refractivity contribution in [3.63, 3.8) is 0 Å². The van der Waals surface area contributed by atoms with E-state index < -0.39 is 15.8 Å². The Balaban J connectivity index is 0.000000161. The molecule has 0 amide bonds. The molecule has 278 valence electrons. The molecule has 9 aromatic rings. The van der Waals surface area contributed by atoms with Crippen LogP contribution in [0.1, 0.15) is 11.1 Å². The number of fused-ring (bicyclic) bond motifs is 6. The molecule has 0 spiro atoms. The van der Waals surface area contributed by atoms with Crippen LogP contribution >= 0.6 is 15.8 Å². The van der Waals surface area contributed by atoms with E-state index in [0.29, 0.717) is 0 Å². The first kappa shape index (κ1) is 42.6. The van der Waals surface area contributed by atoms with Gasteiger partial charge < -0.3 is 12.8 Å². The Labute approximate surface area is 365 Å². The first-order valence-electron chi connectivity index (χ1n) is 18.1. The van der Waals surface area contributed by atoms with Crippen LogP contribution in [0, 0.1) is 24.7 Å². The summed E-state index contributed by atoms with van der Waals surface area (Å²) in [5, 5.41) is 15.4. The zero-order valence-corrected chi connectivity index (χ0v) is 36.0. The van der Waals surface area contributed by atoms with E-state index in [9.17, 15) is 0 Å². The van der Waals surface area contributed by atoms with Crippen molar-refractivity contribution in [2.45, 2.75) is 0 Å². The van der Waals surface area contributed by atoms with Gasteiger partial charge in [-0.1, -0.05) is 156 Å². The first-order chi connectivity index (χ1) is 26.6. The van der Waals surface area contributed by atoms with E-state index in [-0.39, 0.29) is 44.8 Å². The zero-order chi connectivity index (χ0) is 37.3. The van der Waals surface area contributed by atoms with E-state index in [0.717, 1.165) is 32.7 Å². The van der Waals surface area contributed by atoms with E-state index in [1.54, 1.807) is 10.6 Å². The van der Waals surface area contributed by atoms with Gasteiger partial charge in [-0.2, -0.15) is 0 Å². The molecule has 0 radical (unpaired) electrons. The topological polar surface area (TPSA) is 0 Å². The van der Waals surface area contributed by atoms with Gasteiger partial charge in [-0.05, 0) is 68.7 Å². The van der Waals surface area contributed by atoms with E-state index in [2.05, 4.69) is 146 Å². The van der Waals surface area contributed by atoms with Crippen LogP contribution in [-0.4, -0.2) is 13.3 Å².